The maximum absolute atomic E-state index is 11.1. The van der Waals surface area contributed by atoms with Crippen molar-refractivity contribution in [3.05, 3.63) is 11.6 Å². The van der Waals surface area contributed by atoms with Gasteiger partial charge in [0.15, 0.2) is 0 Å². The lowest BCUT2D eigenvalue weighted by molar-refractivity contribution is -0.133. The lowest BCUT2D eigenvalue weighted by atomic mass is 9.81. The van der Waals surface area contributed by atoms with Crippen molar-refractivity contribution in [3.8, 4) is 0 Å². The molecule has 3 heteroatoms. The summed E-state index contributed by atoms with van der Waals surface area (Å²) in [4.78, 5) is 11.1. The standard InChI is InChI=1S/C12H21NO2/c1-2-3-4-11(12(14)15)9-5-7-10(13)8-6-9/h4,9-10H,2-3,5-8,13H2,1H3,(H,14,15). The molecular weight excluding hydrogens is 190 g/mol. The highest BCUT2D eigenvalue weighted by atomic mass is 16.4. The fourth-order valence-electron chi connectivity index (χ4n) is 2.16. The van der Waals surface area contributed by atoms with E-state index in [0.717, 1.165) is 38.5 Å². The molecule has 1 aliphatic rings. The Bertz CT molecular complexity index is 240. The van der Waals surface area contributed by atoms with Crippen molar-refractivity contribution in [1.29, 1.82) is 0 Å². The van der Waals surface area contributed by atoms with Gasteiger partial charge in [0, 0.05) is 11.6 Å². The number of nitrogens with two attached hydrogens (primary N) is 1. The number of allylic oxidation sites excluding steroid dienone is 1. The molecule has 0 unspecified atom stereocenters. The molecule has 0 aromatic heterocycles. The molecule has 1 rings (SSSR count). The second kappa shape index (κ2) is 5.91. The number of carbonyl (C=O) groups is 1. The average molecular weight is 211 g/mol. The van der Waals surface area contributed by atoms with Crippen LogP contribution in [0, 0.1) is 5.92 Å². The Balaban J connectivity index is 2.60. The summed E-state index contributed by atoms with van der Waals surface area (Å²) in [6.45, 7) is 2.06. The Kier molecular flexibility index (Phi) is 4.82. The Morgan fingerprint density at radius 1 is 1.40 bits per heavy atom. The molecule has 1 fully saturated rings. The molecule has 0 aromatic rings. The number of hydrogen-bond donors (Lipinski definition) is 2. The number of rotatable bonds is 4. The maximum Gasteiger partial charge on any atom is 0.331 e. The topological polar surface area (TPSA) is 63.3 Å². The lowest BCUT2D eigenvalue weighted by Crippen LogP contribution is -2.28. The van der Waals surface area contributed by atoms with Gasteiger partial charge in [0.05, 0.1) is 0 Å². The molecule has 0 amide bonds. The van der Waals surface area contributed by atoms with Gasteiger partial charge in [0.1, 0.15) is 0 Å². The van der Waals surface area contributed by atoms with Crippen molar-refractivity contribution >= 4 is 5.97 Å². The van der Waals surface area contributed by atoms with Crippen LogP contribution in [0.15, 0.2) is 11.6 Å². The third kappa shape index (κ3) is 3.67. The van der Waals surface area contributed by atoms with Gasteiger partial charge in [0.25, 0.3) is 0 Å². The molecule has 86 valence electrons. The van der Waals surface area contributed by atoms with Crippen LogP contribution in [0.1, 0.15) is 45.4 Å². The summed E-state index contributed by atoms with van der Waals surface area (Å²) in [5.41, 5.74) is 6.42. The van der Waals surface area contributed by atoms with E-state index in [-0.39, 0.29) is 12.0 Å². The van der Waals surface area contributed by atoms with Crippen molar-refractivity contribution in [2.24, 2.45) is 11.7 Å². The molecule has 0 atom stereocenters. The second-order valence-electron chi connectivity index (χ2n) is 4.36. The van der Waals surface area contributed by atoms with Gasteiger partial charge in [-0.05, 0) is 38.0 Å². The summed E-state index contributed by atoms with van der Waals surface area (Å²) in [6, 6.07) is 0.280. The summed E-state index contributed by atoms with van der Waals surface area (Å²) in [6.07, 6.45) is 7.55. The van der Waals surface area contributed by atoms with E-state index in [2.05, 4.69) is 6.92 Å². The molecule has 3 N–H and O–H groups in total. The first-order valence-electron chi connectivity index (χ1n) is 5.84. The van der Waals surface area contributed by atoms with Crippen LogP contribution in [0.3, 0.4) is 0 Å². The van der Waals surface area contributed by atoms with Gasteiger partial charge in [-0.2, -0.15) is 0 Å². The van der Waals surface area contributed by atoms with Crippen molar-refractivity contribution in [3.63, 3.8) is 0 Å². The fraction of sp³-hybridized carbons (Fsp3) is 0.750. The zero-order valence-corrected chi connectivity index (χ0v) is 9.41. The van der Waals surface area contributed by atoms with Crippen LogP contribution in [0.2, 0.25) is 0 Å². The Hall–Kier alpha value is -0.830. The number of aliphatic carboxylic acids is 1. The molecular formula is C12H21NO2. The van der Waals surface area contributed by atoms with Gasteiger partial charge >= 0.3 is 5.97 Å². The first kappa shape index (κ1) is 12.2. The summed E-state index contributed by atoms with van der Waals surface area (Å²) in [7, 11) is 0. The van der Waals surface area contributed by atoms with Gasteiger partial charge in [-0.25, -0.2) is 4.79 Å². The van der Waals surface area contributed by atoms with Gasteiger partial charge in [-0.1, -0.05) is 19.4 Å². The number of carboxylic acids is 1. The molecule has 1 saturated carbocycles. The van der Waals surface area contributed by atoms with E-state index in [4.69, 9.17) is 10.8 Å². The second-order valence-corrected chi connectivity index (χ2v) is 4.36. The molecule has 0 aromatic carbocycles. The molecule has 15 heavy (non-hydrogen) atoms. The zero-order chi connectivity index (χ0) is 11.3. The van der Waals surface area contributed by atoms with E-state index >= 15 is 0 Å². The predicted octanol–water partition coefficient (Wildman–Crippen LogP) is 2.32. The monoisotopic (exact) mass is 211 g/mol. The van der Waals surface area contributed by atoms with Crippen molar-refractivity contribution in [2.45, 2.75) is 51.5 Å². The van der Waals surface area contributed by atoms with Crippen molar-refractivity contribution in [2.75, 3.05) is 0 Å². The predicted molar refractivity (Wildman–Crippen MR) is 60.6 cm³/mol. The Morgan fingerprint density at radius 2 is 2.00 bits per heavy atom. The normalized spacial score (nSPS) is 27.7. The first-order valence-corrected chi connectivity index (χ1v) is 5.84. The molecule has 0 radical (unpaired) electrons. The summed E-state index contributed by atoms with van der Waals surface area (Å²) in [5.74, 6) is -0.516. The van der Waals surface area contributed by atoms with E-state index in [1.54, 1.807) is 0 Å². The van der Waals surface area contributed by atoms with Crippen LogP contribution in [-0.4, -0.2) is 17.1 Å². The molecule has 1 aliphatic carbocycles. The van der Waals surface area contributed by atoms with Gasteiger partial charge in [0.2, 0.25) is 0 Å². The minimum absolute atomic E-state index is 0.230. The molecule has 0 spiro atoms. The molecule has 0 aliphatic heterocycles. The van der Waals surface area contributed by atoms with Crippen LogP contribution in [0.25, 0.3) is 0 Å². The smallest absolute Gasteiger partial charge is 0.331 e. The molecule has 3 nitrogen and oxygen atoms in total. The van der Waals surface area contributed by atoms with E-state index in [9.17, 15) is 4.79 Å². The van der Waals surface area contributed by atoms with Crippen LogP contribution in [-0.2, 0) is 4.79 Å². The Morgan fingerprint density at radius 3 is 2.47 bits per heavy atom. The minimum Gasteiger partial charge on any atom is -0.478 e. The van der Waals surface area contributed by atoms with Crippen molar-refractivity contribution < 1.29 is 9.90 Å². The fourth-order valence-corrected chi connectivity index (χ4v) is 2.16. The Labute approximate surface area is 91.4 Å². The van der Waals surface area contributed by atoms with E-state index in [1.807, 2.05) is 6.08 Å². The summed E-state index contributed by atoms with van der Waals surface area (Å²) in [5, 5.41) is 9.12. The van der Waals surface area contributed by atoms with Gasteiger partial charge in [-0.3, -0.25) is 0 Å². The van der Waals surface area contributed by atoms with E-state index < -0.39 is 5.97 Å². The molecule has 0 heterocycles. The molecule has 0 saturated heterocycles. The number of hydrogen-bond acceptors (Lipinski definition) is 2. The van der Waals surface area contributed by atoms with Crippen molar-refractivity contribution in [1.82, 2.24) is 0 Å². The summed E-state index contributed by atoms with van der Waals surface area (Å²) < 4.78 is 0. The zero-order valence-electron chi connectivity index (χ0n) is 9.41. The SMILES string of the molecule is CCCC=C(C(=O)O)C1CCC(N)CC1. The number of unbranched alkanes of at least 4 members (excludes halogenated alkanes) is 1. The first-order chi connectivity index (χ1) is 7.15. The summed E-state index contributed by atoms with van der Waals surface area (Å²) >= 11 is 0. The third-order valence-corrected chi connectivity index (χ3v) is 3.11. The third-order valence-electron chi connectivity index (χ3n) is 3.11. The highest BCUT2D eigenvalue weighted by Crippen LogP contribution is 2.29. The van der Waals surface area contributed by atoms with Crippen LogP contribution >= 0.6 is 0 Å². The minimum atomic E-state index is -0.746. The van der Waals surface area contributed by atoms with Gasteiger partial charge < -0.3 is 10.8 Å². The average Bonchev–Trinajstić information content (AvgIpc) is 2.21. The van der Waals surface area contributed by atoms with Crippen LogP contribution in [0.5, 0.6) is 0 Å². The highest BCUT2D eigenvalue weighted by molar-refractivity contribution is 5.87. The van der Waals surface area contributed by atoms with Gasteiger partial charge in [-0.15, -0.1) is 0 Å². The highest BCUT2D eigenvalue weighted by Gasteiger charge is 2.24. The maximum atomic E-state index is 11.1. The van der Waals surface area contributed by atoms with E-state index in [1.165, 1.54) is 0 Å². The molecule has 0 bridgehead atoms. The van der Waals surface area contributed by atoms with E-state index in [0.29, 0.717) is 5.57 Å². The van der Waals surface area contributed by atoms with Crippen LogP contribution in [0.4, 0.5) is 0 Å². The van der Waals surface area contributed by atoms with Crippen LogP contribution < -0.4 is 5.73 Å². The largest absolute Gasteiger partial charge is 0.478 e. The quantitative estimate of drug-likeness (QED) is 0.701. The lowest BCUT2D eigenvalue weighted by Gasteiger charge is -2.26. The number of carboxylic acid groups (broad SMARTS) is 1.